The number of benzene rings is 10. The van der Waals surface area contributed by atoms with Crippen LogP contribution in [0.3, 0.4) is 0 Å². The molecular formula is C74H68N3OPS3. The highest BCUT2D eigenvalue weighted by Crippen LogP contribution is 2.66. The maximum absolute atomic E-state index is 7.48. The Bertz CT molecular complexity index is 3960. The highest BCUT2D eigenvalue weighted by Gasteiger charge is 2.43. The summed E-state index contributed by atoms with van der Waals surface area (Å²) in [6, 6.07) is 91.4. The maximum atomic E-state index is 7.48. The third-order valence-corrected chi connectivity index (χ3v) is 23.4. The first-order valence-electron chi connectivity index (χ1n) is 28.6. The number of fused-ring (bicyclic) bond motifs is 7. The Morgan fingerprint density at radius 2 is 0.878 bits per heavy atom. The van der Waals surface area contributed by atoms with Gasteiger partial charge in [0, 0.05) is 63.7 Å². The number of rotatable bonds is 14. The second-order valence-corrected chi connectivity index (χ2v) is 29.9. The fourth-order valence-corrected chi connectivity index (χ4v) is 19.0. The monoisotopic (exact) mass is 1140 g/mol. The van der Waals surface area contributed by atoms with Crippen molar-refractivity contribution < 1.29 is 4.52 Å². The summed E-state index contributed by atoms with van der Waals surface area (Å²) < 4.78 is 9.83. The minimum absolute atomic E-state index is 0.181. The molecule has 0 spiro atoms. The normalized spacial score (nSPS) is 16.0. The van der Waals surface area contributed by atoms with Crippen LogP contribution in [0.1, 0.15) is 89.1 Å². The molecule has 0 saturated heterocycles. The zero-order valence-corrected chi connectivity index (χ0v) is 51.1. The Morgan fingerprint density at radius 1 is 0.439 bits per heavy atom. The Morgan fingerprint density at radius 3 is 1.44 bits per heavy atom. The number of para-hydroxylation sites is 4. The lowest BCUT2D eigenvalue weighted by atomic mass is 9.71. The molecule has 10 aromatic rings. The smallest absolute Gasteiger partial charge is 0.239 e. The van der Waals surface area contributed by atoms with Gasteiger partial charge >= 0.3 is 0 Å². The van der Waals surface area contributed by atoms with E-state index in [1.807, 2.05) is 11.8 Å². The molecule has 3 heterocycles. The SMILES string of the molecule is CC(C)(c1ccccc1)c1ccc(N(c2ccc(C(C)(CCC(C)(C)N3c4ccccc4Sc4ccccc43)c3ccccc3)cc2)C(C)(C)Cc2ccc3c(c2)OP(=S)(N2c4ccccc4Sc4ccccc42)c2ccccc2-3)cc1. The fourth-order valence-electron chi connectivity index (χ4n) is 13.0. The van der Waals surface area contributed by atoms with Gasteiger partial charge in [-0.25, -0.2) is 0 Å². The van der Waals surface area contributed by atoms with Crippen molar-refractivity contribution in [2.45, 2.75) is 109 Å². The zero-order chi connectivity index (χ0) is 56.4. The Hall–Kier alpha value is -7.25. The Labute approximate surface area is 499 Å². The quantitative estimate of drug-likeness (QED) is 0.0998. The van der Waals surface area contributed by atoms with Gasteiger partial charge < -0.3 is 14.3 Å². The van der Waals surface area contributed by atoms with Crippen molar-refractivity contribution in [3.63, 3.8) is 0 Å². The van der Waals surface area contributed by atoms with Crippen molar-refractivity contribution >= 4 is 81.2 Å². The summed E-state index contributed by atoms with van der Waals surface area (Å²) in [5, 5.41) is 1.07. The van der Waals surface area contributed by atoms with Crippen molar-refractivity contribution in [3.05, 3.63) is 277 Å². The van der Waals surface area contributed by atoms with Crippen LogP contribution in [0.15, 0.2) is 268 Å². The van der Waals surface area contributed by atoms with Gasteiger partial charge in [-0.15, -0.1) is 0 Å². The Balaban J connectivity index is 0.865. The predicted octanol–water partition coefficient (Wildman–Crippen LogP) is 20.6. The average Bonchev–Trinajstić information content (AvgIpc) is 1.31. The van der Waals surface area contributed by atoms with Gasteiger partial charge in [0.1, 0.15) is 5.75 Å². The standard InChI is InChI=1S/C74H68N3OPS3/c1-71(2,76-61-29-15-20-34-67(61)81-68-35-21-16-30-62(68)76)48-49-74(7,55-26-12-9-13-27-55)56-41-45-58(46-42-56)75(57-43-39-54(40-44-57)73(5,6)53-24-10-8-11-25-53)72(3,4)51-52-38-47-59-60-28-14-19-33-66(60)79(80,78-65(59)50-52)77-63-31-17-22-36-69(63)82-70-37-23-18-32-64(70)77/h8-47,50H,48-49,51H2,1-7H3. The van der Waals surface area contributed by atoms with Crippen LogP contribution in [0.2, 0.25) is 0 Å². The van der Waals surface area contributed by atoms with Crippen LogP contribution >= 0.6 is 29.9 Å². The van der Waals surface area contributed by atoms with E-state index in [9.17, 15) is 0 Å². The highest BCUT2D eigenvalue weighted by molar-refractivity contribution is 8.17. The molecule has 82 heavy (non-hydrogen) atoms. The summed E-state index contributed by atoms with van der Waals surface area (Å²) in [6.07, 6.45) is -0.315. The molecule has 0 amide bonds. The van der Waals surface area contributed by atoms with Crippen molar-refractivity contribution in [1.29, 1.82) is 0 Å². The summed E-state index contributed by atoms with van der Waals surface area (Å²) >= 11 is 10.7. The van der Waals surface area contributed by atoms with E-state index < -0.39 is 12.0 Å². The number of anilines is 6. The molecule has 4 nitrogen and oxygen atoms in total. The lowest BCUT2D eigenvalue weighted by Gasteiger charge is -2.46. The molecule has 3 aliphatic heterocycles. The van der Waals surface area contributed by atoms with E-state index in [1.165, 1.54) is 58.8 Å². The van der Waals surface area contributed by atoms with E-state index in [-0.39, 0.29) is 16.4 Å². The van der Waals surface area contributed by atoms with E-state index in [0.29, 0.717) is 0 Å². The van der Waals surface area contributed by atoms with Crippen LogP contribution < -0.4 is 24.3 Å². The second kappa shape index (κ2) is 21.2. The van der Waals surface area contributed by atoms with Crippen LogP contribution in [-0.4, -0.2) is 11.1 Å². The number of hydrogen-bond acceptors (Lipinski definition) is 6. The first kappa shape index (κ1) is 54.0. The molecule has 0 radical (unpaired) electrons. The molecule has 13 rings (SSSR count). The summed E-state index contributed by atoms with van der Waals surface area (Å²) in [4.78, 5) is 10.1. The topological polar surface area (TPSA) is 19.0 Å². The lowest BCUT2D eigenvalue weighted by Crippen LogP contribution is -2.43. The van der Waals surface area contributed by atoms with Crippen LogP contribution in [0.4, 0.5) is 34.1 Å². The molecule has 0 bridgehead atoms. The van der Waals surface area contributed by atoms with E-state index in [0.717, 1.165) is 64.2 Å². The molecule has 0 saturated carbocycles. The third-order valence-electron chi connectivity index (χ3n) is 17.5. The minimum Gasteiger partial charge on any atom is -0.444 e. The van der Waals surface area contributed by atoms with Gasteiger partial charge in [0.05, 0.1) is 22.7 Å². The molecule has 408 valence electrons. The van der Waals surface area contributed by atoms with E-state index in [4.69, 9.17) is 16.3 Å². The fraction of sp³-hybridized carbons (Fsp3) is 0.189. The first-order valence-corrected chi connectivity index (χ1v) is 32.9. The van der Waals surface area contributed by atoms with Crippen LogP contribution in [0, 0.1) is 0 Å². The minimum atomic E-state index is -2.95. The van der Waals surface area contributed by atoms with Gasteiger partial charge in [0.25, 0.3) is 0 Å². The largest absolute Gasteiger partial charge is 0.444 e. The van der Waals surface area contributed by atoms with Crippen LogP contribution in [-0.2, 0) is 29.1 Å². The van der Waals surface area contributed by atoms with Gasteiger partial charge in [0.2, 0.25) is 6.42 Å². The van der Waals surface area contributed by atoms with Gasteiger partial charge in [0.15, 0.2) is 0 Å². The zero-order valence-electron chi connectivity index (χ0n) is 47.7. The van der Waals surface area contributed by atoms with Gasteiger partial charge in [-0.05, 0) is 177 Å². The van der Waals surface area contributed by atoms with Crippen molar-refractivity contribution in [2.75, 3.05) is 14.5 Å². The van der Waals surface area contributed by atoms with E-state index in [2.05, 4.69) is 312 Å². The molecule has 2 atom stereocenters. The number of nitrogens with zero attached hydrogens (tertiary/aromatic N) is 3. The van der Waals surface area contributed by atoms with Crippen LogP contribution in [0.5, 0.6) is 5.75 Å². The maximum Gasteiger partial charge on any atom is 0.239 e. The van der Waals surface area contributed by atoms with Gasteiger partial charge in [-0.2, -0.15) is 0 Å². The molecule has 2 unspecified atom stereocenters. The summed E-state index contributed by atoms with van der Waals surface area (Å²) in [5.74, 6) is 0.836. The molecule has 3 aliphatic rings. The molecule has 0 fully saturated rings. The van der Waals surface area contributed by atoms with Crippen molar-refractivity contribution in [3.8, 4) is 16.9 Å². The lowest BCUT2D eigenvalue weighted by molar-refractivity contribution is 0.386. The third kappa shape index (κ3) is 9.58. The van der Waals surface area contributed by atoms with Crippen molar-refractivity contribution in [1.82, 2.24) is 0 Å². The predicted molar refractivity (Wildman–Crippen MR) is 352 cm³/mol. The summed E-state index contributed by atoms with van der Waals surface area (Å²) in [6.45, 7) is 16.7. The molecule has 0 aliphatic carbocycles. The summed E-state index contributed by atoms with van der Waals surface area (Å²) in [7, 11) is 0. The highest BCUT2D eigenvalue weighted by atomic mass is 32.4. The molecule has 10 aromatic carbocycles. The molecular weight excluding hydrogens is 1070 g/mol. The Kier molecular flexibility index (Phi) is 14.0. The summed E-state index contributed by atoms with van der Waals surface area (Å²) in [5.41, 5.74) is 14.5. The molecule has 0 N–H and O–H groups in total. The van der Waals surface area contributed by atoms with Gasteiger partial charge in [-0.1, -0.05) is 208 Å². The number of hydrogen-bond donors (Lipinski definition) is 0. The molecule has 0 aromatic heterocycles. The van der Waals surface area contributed by atoms with Crippen molar-refractivity contribution in [2.24, 2.45) is 0 Å². The second-order valence-electron chi connectivity index (χ2n) is 24.1. The van der Waals surface area contributed by atoms with Crippen LogP contribution in [0.25, 0.3) is 11.1 Å². The first-order chi connectivity index (χ1) is 39.6. The van der Waals surface area contributed by atoms with Gasteiger partial charge in [-0.3, -0.25) is 4.67 Å². The van der Waals surface area contributed by atoms with E-state index >= 15 is 0 Å². The molecule has 8 heteroatoms. The average molecular weight is 1140 g/mol. The van der Waals surface area contributed by atoms with E-state index in [1.54, 1.807) is 11.8 Å².